The molecule has 6 atom stereocenters. The van der Waals surface area contributed by atoms with E-state index in [1.54, 1.807) is 6.20 Å². The molecule has 37 heavy (non-hydrogen) atoms. The lowest BCUT2D eigenvalue weighted by atomic mass is 9.88. The number of nitrogens with zero attached hydrogens (tertiary/aromatic N) is 1. The van der Waals surface area contributed by atoms with Crippen LogP contribution in [0.4, 0.5) is 5.69 Å². The molecule has 1 fully saturated rings. The maximum atomic E-state index is 12.6. The number of benzene rings is 2. The van der Waals surface area contributed by atoms with Crippen molar-refractivity contribution in [3.63, 3.8) is 0 Å². The zero-order valence-electron chi connectivity index (χ0n) is 21.0. The first-order valence-electron chi connectivity index (χ1n) is 12.1. The molecule has 2 aromatic carbocycles. The van der Waals surface area contributed by atoms with E-state index in [4.69, 9.17) is 23.7 Å². The van der Waals surface area contributed by atoms with Crippen molar-refractivity contribution in [3.8, 4) is 0 Å². The Labute approximate surface area is 215 Å². The maximum Gasteiger partial charge on any atom is 0.303 e. The molecule has 0 aliphatic carbocycles. The van der Waals surface area contributed by atoms with Crippen LogP contribution in [-0.4, -0.2) is 61.6 Å². The van der Waals surface area contributed by atoms with Gasteiger partial charge in [-0.2, -0.15) is 0 Å². The van der Waals surface area contributed by atoms with Crippen LogP contribution >= 0.6 is 0 Å². The molecule has 0 saturated carbocycles. The number of ether oxygens (including phenoxy) is 5. The Morgan fingerprint density at radius 1 is 0.919 bits per heavy atom. The number of esters is 2. The molecule has 0 spiro atoms. The first-order chi connectivity index (χ1) is 17.9. The molecule has 196 valence electrons. The van der Waals surface area contributed by atoms with Gasteiger partial charge in [0.05, 0.1) is 12.6 Å². The molecule has 0 bridgehead atoms. The summed E-state index contributed by atoms with van der Waals surface area (Å²) in [6.07, 6.45) is -1.52. The summed E-state index contributed by atoms with van der Waals surface area (Å²) in [5.74, 6) is -1.25. The van der Waals surface area contributed by atoms with Gasteiger partial charge in [-0.25, -0.2) is 0 Å². The minimum absolute atomic E-state index is 0.0808. The van der Waals surface area contributed by atoms with Crippen molar-refractivity contribution >= 4 is 23.4 Å². The summed E-state index contributed by atoms with van der Waals surface area (Å²) in [7, 11) is 1.41. The summed E-state index contributed by atoms with van der Waals surface area (Å²) in [6, 6.07) is 18.5. The van der Waals surface area contributed by atoms with E-state index < -0.39 is 48.7 Å². The van der Waals surface area contributed by atoms with Gasteiger partial charge in [-0.05, 0) is 23.8 Å². The van der Waals surface area contributed by atoms with Crippen LogP contribution in [0.2, 0.25) is 0 Å². The highest BCUT2D eigenvalue weighted by Gasteiger charge is 2.54. The summed E-state index contributed by atoms with van der Waals surface area (Å²) < 4.78 is 29.5. The molecule has 0 radical (unpaired) electrons. The van der Waals surface area contributed by atoms with Crippen LogP contribution in [0.5, 0.6) is 0 Å². The first kappa shape index (κ1) is 26.5. The predicted molar refractivity (Wildman–Crippen MR) is 133 cm³/mol. The van der Waals surface area contributed by atoms with Gasteiger partial charge in [0.15, 0.2) is 24.3 Å². The molecule has 2 aliphatic rings. The first-order valence-corrected chi connectivity index (χ1v) is 12.1. The molecule has 1 unspecified atom stereocenters. The van der Waals surface area contributed by atoms with E-state index >= 15 is 0 Å². The van der Waals surface area contributed by atoms with Gasteiger partial charge in [0.25, 0.3) is 0 Å². The number of carbonyl (C=O) groups excluding carboxylic acids is 3. The van der Waals surface area contributed by atoms with E-state index in [2.05, 4.69) is 0 Å². The minimum atomic E-state index is -1.08. The standard InChI is InChI=1S/C28H31NO8/c1-18(30)35-26-25(34-17-20-10-6-4-7-11-20)24(37-28(33-3)27(26)36-19(2)31)23-16-22(32)14-15-29(23)21-12-8-5-9-13-21/h4-15,23-28H,16-17H2,1-3H3/t23?,24-,25-,26+,27-,28+/m1/s1. The Morgan fingerprint density at radius 3 is 2.16 bits per heavy atom. The highest BCUT2D eigenvalue weighted by atomic mass is 16.7. The van der Waals surface area contributed by atoms with Gasteiger partial charge in [-0.15, -0.1) is 0 Å². The average Bonchev–Trinajstić information content (AvgIpc) is 2.89. The van der Waals surface area contributed by atoms with Crippen molar-refractivity contribution in [1.29, 1.82) is 0 Å². The smallest absolute Gasteiger partial charge is 0.303 e. The van der Waals surface area contributed by atoms with Crippen LogP contribution in [0.15, 0.2) is 72.9 Å². The quantitative estimate of drug-likeness (QED) is 0.497. The fourth-order valence-corrected chi connectivity index (χ4v) is 4.73. The Hall–Kier alpha value is -3.53. The number of methoxy groups -OCH3 is 1. The van der Waals surface area contributed by atoms with E-state index in [0.717, 1.165) is 11.3 Å². The van der Waals surface area contributed by atoms with Crippen molar-refractivity contribution in [2.24, 2.45) is 0 Å². The molecular weight excluding hydrogens is 478 g/mol. The average molecular weight is 510 g/mol. The van der Waals surface area contributed by atoms with Gasteiger partial charge >= 0.3 is 11.9 Å². The lowest BCUT2D eigenvalue weighted by molar-refractivity contribution is -0.306. The van der Waals surface area contributed by atoms with E-state index in [1.807, 2.05) is 65.6 Å². The third kappa shape index (κ3) is 6.43. The highest BCUT2D eigenvalue weighted by molar-refractivity contribution is 5.92. The number of hydrogen-bond donors (Lipinski definition) is 0. The van der Waals surface area contributed by atoms with Crippen molar-refractivity contribution in [3.05, 3.63) is 78.5 Å². The molecule has 4 rings (SSSR count). The number of rotatable bonds is 8. The monoisotopic (exact) mass is 509 g/mol. The van der Waals surface area contributed by atoms with Crippen LogP contribution in [0.1, 0.15) is 25.8 Å². The molecule has 2 aromatic rings. The van der Waals surface area contributed by atoms with Gasteiger partial charge < -0.3 is 28.6 Å². The summed E-state index contributed by atoms with van der Waals surface area (Å²) >= 11 is 0. The Morgan fingerprint density at radius 2 is 1.54 bits per heavy atom. The second-order valence-corrected chi connectivity index (χ2v) is 8.91. The van der Waals surface area contributed by atoms with Gasteiger partial charge in [-0.3, -0.25) is 14.4 Å². The van der Waals surface area contributed by atoms with Gasteiger partial charge in [0.1, 0.15) is 12.2 Å². The lowest BCUT2D eigenvalue weighted by Gasteiger charge is -2.49. The van der Waals surface area contributed by atoms with E-state index in [9.17, 15) is 14.4 Å². The Bertz CT molecular complexity index is 1110. The zero-order chi connectivity index (χ0) is 26.4. The summed E-state index contributed by atoms with van der Waals surface area (Å²) in [5, 5.41) is 0. The summed E-state index contributed by atoms with van der Waals surface area (Å²) in [4.78, 5) is 38.7. The number of allylic oxidation sites excluding steroid dienone is 1. The fourth-order valence-electron chi connectivity index (χ4n) is 4.73. The largest absolute Gasteiger partial charge is 0.455 e. The molecule has 1 saturated heterocycles. The molecule has 0 amide bonds. The zero-order valence-corrected chi connectivity index (χ0v) is 21.0. The molecule has 0 N–H and O–H groups in total. The van der Waals surface area contributed by atoms with Crippen molar-refractivity contribution in [1.82, 2.24) is 0 Å². The third-order valence-corrected chi connectivity index (χ3v) is 6.27. The van der Waals surface area contributed by atoms with E-state index in [0.29, 0.717) is 0 Å². The number of carbonyl (C=O) groups is 3. The third-order valence-electron chi connectivity index (χ3n) is 6.27. The molecule has 9 heteroatoms. The summed E-state index contributed by atoms with van der Waals surface area (Å²) in [6.45, 7) is 2.70. The molecule has 2 heterocycles. The molecular formula is C28H31NO8. The topological polar surface area (TPSA) is 101 Å². The van der Waals surface area contributed by atoms with Crippen LogP contribution in [0.25, 0.3) is 0 Å². The minimum Gasteiger partial charge on any atom is -0.455 e. The molecule has 0 aromatic heterocycles. The Kier molecular flexibility index (Phi) is 8.70. The number of hydrogen-bond acceptors (Lipinski definition) is 9. The van der Waals surface area contributed by atoms with Crippen LogP contribution in [-0.2, 0) is 44.7 Å². The number of anilines is 1. The van der Waals surface area contributed by atoms with E-state index in [1.165, 1.54) is 27.0 Å². The number of ketones is 1. The second kappa shape index (κ2) is 12.1. The van der Waals surface area contributed by atoms with E-state index in [-0.39, 0.29) is 18.8 Å². The molecule has 2 aliphatic heterocycles. The van der Waals surface area contributed by atoms with Crippen LogP contribution in [0, 0.1) is 0 Å². The predicted octanol–water partition coefficient (Wildman–Crippen LogP) is 3.17. The highest BCUT2D eigenvalue weighted by Crippen LogP contribution is 2.36. The van der Waals surface area contributed by atoms with Crippen LogP contribution < -0.4 is 4.90 Å². The fraction of sp³-hybridized carbons (Fsp3) is 0.393. The second-order valence-electron chi connectivity index (χ2n) is 8.91. The van der Waals surface area contributed by atoms with Crippen molar-refractivity contribution < 1.29 is 38.1 Å². The van der Waals surface area contributed by atoms with Gasteiger partial charge in [0, 0.05) is 39.3 Å². The van der Waals surface area contributed by atoms with Crippen molar-refractivity contribution in [2.45, 2.75) is 63.6 Å². The Balaban J connectivity index is 1.75. The normalized spacial score (nSPS) is 27.5. The van der Waals surface area contributed by atoms with Crippen molar-refractivity contribution in [2.75, 3.05) is 12.0 Å². The maximum absolute atomic E-state index is 12.6. The molecule has 9 nitrogen and oxygen atoms in total. The van der Waals surface area contributed by atoms with Gasteiger partial charge in [0.2, 0.25) is 0 Å². The lowest BCUT2D eigenvalue weighted by Crippen LogP contribution is -2.66. The summed E-state index contributed by atoms with van der Waals surface area (Å²) in [5.41, 5.74) is 1.74. The van der Waals surface area contributed by atoms with Gasteiger partial charge in [-0.1, -0.05) is 48.5 Å². The SMILES string of the molecule is CO[C@H]1O[C@H](C2CC(=O)C=CN2c2ccccc2)[C@@H](OCc2ccccc2)[C@H](OC(C)=O)[C@H]1OC(C)=O. The van der Waals surface area contributed by atoms with Crippen LogP contribution in [0.3, 0.4) is 0 Å². The number of para-hydroxylation sites is 1.